The molecule has 218 valence electrons. The summed E-state index contributed by atoms with van der Waals surface area (Å²) in [6.45, 7) is 5.76. The zero-order valence-corrected chi connectivity index (χ0v) is 24.7. The largest absolute Gasteiger partial charge is 0.388 e. The van der Waals surface area contributed by atoms with Gasteiger partial charge >= 0.3 is 0 Å². The van der Waals surface area contributed by atoms with Gasteiger partial charge in [-0.3, -0.25) is 9.36 Å². The summed E-state index contributed by atoms with van der Waals surface area (Å²) in [4.78, 5) is 18.9. The van der Waals surface area contributed by atoms with E-state index in [0.29, 0.717) is 17.8 Å². The number of nitrogens with zero attached hydrogens (tertiary/aromatic N) is 5. The van der Waals surface area contributed by atoms with Crippen LogP contribution in [0.1, 0.15) is 94.1 Å². The van der Waals surface area contributed by atoms with Gasteiger partial charge in [-0.15, -0.1) is 0 Å². The fourth-order valence-electron chi connectivity index (χ4n) is 6.98. The van der Waals surface area contributed by atoms with Crippen molar-refractivity contribution in [3.05, 3.63) is 87.6 Å². The molecule has 3 heterocycles. The summed E-state index contributed by atoms with van der Waals surface area (Å²) in [6.07, 6.45) is 8.67. The zero-order chi connectivity index (χ0) is 29.5. The van der Waals surface area contributed by atoms with E-state index in [4.69, 9.17) is 4.74 Å². The van der Waals surface area contributed by atoms with Gasteiger partial charge in [0.15, 0.2) is 0 Å². The van der Waals surface area contributed by atoms with Gasteiger partial charge in [0.05, 0.1) is 34.6 Å². The van der Waals surface area contributed by atoms with Gasteiger partial charge in [0.2, 0.25) is 5.78 Å². The molecule has 1 N–H and O–H groups in total. The minimum atomic E-state index is -0.855. The summed E-state index contributed by atoms with van der Waals surface area (Å²) in [5.41, 5.74) is 4.18. The van der Waals surface area contributed by atoms with E-state index in [1.54, 1.807) is 6.33 Å². The molecule has 2 aromatic heterocycles. The third-order valence-electron chi connectivity index (χ3n) is 9.28. The minimum Gasteiger partial charge on any atom is -0.388 e. The van der Waals surface area contributed by atoms with Crippen LogP contribution in [0.5, 0.6) is 0 Å². The summed E-state index contributed by atoms with van der Waals surface area (Å²) in [5.74, 6) is 0.610. The number of hydrogen-bond acceptors (Lipinski definition) is 6. The van der Waals surface area contributed by atoms with Crippen LogP contribution < -0.4 is 5.56 Å². The van der Waals surface area contributed by atoms with Gasteiger partial charge in [0.25, 0.3) is 5.56 Å². The molecule has 1 atom stereocenters. The Morgan fingerprint density at radius 3 is 2.48 bits per heavy atom. The number of aryl methyl sites for hydroxylation is 1. The highest BCUT2D eigenvalue weighted by molar-refractivity contribution is 5.70. The molecule has 4 aromatic rings. The SMILES string of the molecule is CCCc1c(Cc2ccc(-c3ccccc3C#N)cc2)c(=O)n([C@H]2CC[C@@]3(CCC(C(C)(C)O)O3)CC2)c2ncnn12. The average Bonchev–Trinajstić information content (AvgIpc) is 3.64. The Hall–Kier alpha value is -3.80. The van der Waals surface area contributed by atoms with E-state index in [1.807, 2.05) is 59.3 Å². The van der Waals surface area contributed by atoms with Crippen molar-refractivity contribution in [2.24, 2.45) is 0 Å². The predicted octanol–water partition coefficient (Wildman–Crippen LogP) is 5.78. The van der Waals surface area contributed by atoms with E-state index in [0.717, 1.165) is 79.3 Å². The number of ether oxygens (including phenoxy) is 1. The molecule has 8 heteroatoms. The van der Waals surface area contributed by atoms with Crippen LogP contribution in [0.4, 0.5) is 0 Å². The highest BCUT2D eigenvalue weighted by Gasteiger charge is 2.47. The van der Waals surface area contributed by atoms with Gasteiger partial charge in [-0.25, -0.2) is 4.52 Å². The van der Waals surface area contributed by atoms with Crippen LogP contribution in [0.25, 0.3) is 16.9 Å². The first kappa shape index (κ1) is 28.3. The van der Waals surface area contributed by atoms with Gasteiger partial charge in [0.1, 0.15) is 6.33 Å². The molecule has 6 rings (SSSR count). The standard InChI is InChI=1S/C34H39N5O3/c1-4-7-29-28(20-23-10-12-24(13-11-23)27-9-6-5-8-25(27)21-35)31(40)38(32-36-22-37-39(29)32)26-14-17-34(18-15-26)19-16-30(42-34)33(2,3)41/h5-6,8-13,22,26,30,41H,4,7,14-20H2,1-3H3/t26-,30?,34-. The van der Waals surface area contributed by atoms with Crippen molar-refractivity contribution in [3.8, 4) is 17.2 Å². The van der Waals surface area contributed by atoms with Crippen molar-refractivity contribution < 1.29 is 9.84 Å². The molecule has 1 saturated carbocycles. The molecule has 1 aliphatic carbocycles. The second-order valence-electron chi connectivity index (χ2n) is 12.6. The number of aliphatic hydroxyl groups is 1. The number of hydrogen-bond donors (Lipinski definition) is 1. The van der Waals surface area contributed by atoms with Gasteiger partial charge < -0.3 is 9.84 Å². The Balaban J connectivity index is 1.32. The normalized spacial score (nSPS) is 22.5. The maximum atomic E-state index is 14.3. The van der Waals surface area contributed by atoms with Crippen molar-refractivity contribution in [1.29, 1.82) is 5.26 Å². The number of rotatable bonds is 7. The van der Waals surface area contributed by atoms with E-state index >= 15 is 0 Å². The molecule has 1 aliphatic heterocycles. The third-order valence-corrected chi connectivity index (χ3v) is 9.28. The molecule has 0 bridgehead atoms. The van der Waals surface area contributed by atoms with Gasteiger partial charge in [-0.1, -0.05) is 55.8 Å². The van der Waals surface area contributed by atoms with E-state index in [1.165, 1.54) is 0 Å². The molecule has 42 heavy (non-hydrogen) atoms. The second kappa shape index (κ2) is 11.1. The topological polar surface area (TPSA) is 105 Å². The number of fused-ring (bicyclic) bond motifs is 1. The van der Waals surface area contributed by atoms with Crippen molar-refractivity contribution in [1.82, 2.24) is 19.2 Å². The zero-order valence-electron chi connectivity index (χ0n) is 24.7. The lowest BCUT2D eigenvalue weighted by molar-refractivity contribution is -0.135. The molecule has 0 amide bonds. The summed E-state index contributed by atoms with van der Waals surface area (Å²) >= 11 is 0. The van der Waals surface area contributed by atoms with Crippen LogP contribution in [0.3, 0.4) is 0 Å². The van der Waals surface area contributed by atoms with Gasteiger partial charge in [0, 0.05) is 18.0 Å². The summed E-state index contributed by atoms with van der Waals surface area (Å²) in [5, 5.41) is 24.6. The van der Waals surface area contributed by atoms with Crippen LogP contribution in [-0.2, 0) is 17.6 Å². The molecule has 8 nitrogen and oxygen atoms in total. The van der Waals surface area contributed by atoms with E-state index in [2.05, 4.69) is 35.2 Å². The second-order valence-corrected chi connectivity index (χ2v) is 12.6. The molecular formula is C34H39N5O3. The van der Waals surface area contributed by atoms with E-state index in [-0.39, 0.29) is 23.3 Å². The lowest BCUT2D eigenvalue weighted by Gasteiger charge is -2.39. The first-order valence-corrected chi connectivity index (χ1v) is 15.2. The highest BCUT2D eigenvalue weighted by Crippen LogP contribution is 2.46. The van der Waals surface area contributed by atoms with Gasteiger partial charge in [-0.2, -0.15) is 15.3 Å². The lowest BCUT2D eigenvalue weighted by atomic mass is 9.80. The van der Waals surface area contributed by atoms with Crippen LogP contribution in [0.2, 0.25) is 0 Å². The Morgan fingerprint density at radius 1 is 1.10 bits per heavy atom. The van der Waals surface area contributed by atoms with Crippen molar-refractivity contribution >= 4 is 5.78 Å². The van der Waals surface area contributed by atoms with Crippen molar-refractivity contribution in [2.75, 3.05) is 0 Å². The maximum absolute atomic E-state index is 14.3. The quantitative estimate of drug-likeness (QED) is 0.305. The van der Waals surface area contributed by atoms with E-state index < -0.39 is 5.60 Å². The molecular weight excluding hydrogens is 526 g/mol. The van der Waals surface area contributed by atoms with Crippen LogP contribution >= 0.6 is 0 Å². The smallest absolute Gasteiger partial charge is 0.259 e. The molecule has 0 radical (unpaired) electrons. The maximum Gasteiger partial charge on any atom is 0.259 e. The summed E-state index contributed by atoms with van der Waals surface area (Å²) in [7, 11) is 0. The minimum absolute atomic E-state index is 0.0129. The molecule has 2 aromatic carbocycles. The number of nitriles is 1. The molecule has 1 unspecified atom stereocenters. The van der Waals surface area contributed by atoms with Crippen molar-refractivity contribution in [3.63, 3.8) is 0 Å². The lowest BCUT2D eigenvalue weighted by Crippen LogP contribution is -2.42. The molecule has 2 aliphatic rings. The predicted molar refractivity (Wildman–Crippen MR) is 161 cm³/mol. The Morgan fingerprint density at radius 2 is 1.81 bits per heavy atom. The first-order valence-electron chi connectivity index (χ1n) is 15.2. The third kappa shape index (κ3) is 5.16. The fraction of sp³-hybridized carbons (Fsp3) is 0.471. The molecule has 1 saturated heterocycles. The Kier molecular flexibility index (Phi) is 7.50. The Labute approximate surface area is 246 Å². The number of aromatic nitrogens is 4. The molecule has 2 fully saturated rings. The van der Waals surface area contributed by atoms with Crippen LogP contribution in [0.15, 0.2) is 59.7 Å². The summed E-state index contributed by atoms with van der Waals surface area (Å²) in [6, 6.07) is 18.0. The van der Waals surface area contributed by atoms with Crippen LogP contribution in [0, 0.1) is 11.3 Å². The fourth-order valence-corrected chi connectivity index (χ4v) is 6.98. The van der Waals surface area contributed by atoms with Crippen molar-refractivity contribution in [2.45, 2.75) is 102 Å². The van der Waals surface area contributed by atoms with Crippen LogP contribution in [-0.4, -0.2) is 41.6 Å². The van der Waals surface area contributed by atoms with Gasteiger partial charge in [-0.05, 0) is 81.5 Å². The average molecular weight is 566 g/mol. The first-order chi connectivity index (χ1) is 20.2. The Bertz CT molecular complexity index is 1680. The van der Waals surface area contributed by atoms with E-state index in [9.17, 15) is 15.2 Å². The summed E-state index contributed by atoms with van der Waals surface area (Å²) < 4.78 is 10.2. The highest BCUT2D eigenvalue weighted by atomic mass is 16.5. The number of benzene rings is 2. The monoisotopic (exact) mass is 565 g/mol. The molecule has 1 spiro atoms.